The Hall–Kier alpha value is -1.39. The van der Waals surface area contributed by atoms with E-state index in [0.717, 1.165) is 32.5 Å². The second kappa shape index (κ2) is 7.41. The van der Waals surface area contributed by atoms with Crippen molar-refractivity contribution in [3.63, 3.8) is 0 Å². The summed E-state index contributed by atoms with van der Waals surface area (Å²) in [4.78, 5) is 14.1. The number of carbonyl (C=O) groups excluding carboxylic acids is 1. The number of nitrogens with two attached hydrogens (primary N) is 1. The summed E-state index contributed by atoms with van der Waals surface area (Å²) in [6.07, 6.45) is 1.80. The van der Waals surface area contributed by atoms with Crippen LogP contribution in [0, 0.1) is 5.92 Å². The van der Waals surface area contributed by atoms with Crippen LogP contribution in [-0.2, 0) is 22.6 Å². The molecule has 0 aromatic heterocycles. The molecule has 1 aromatic rings. The smallest absolute Gasteiger partial charge is 0.309 e. The number of nitrogens with zero attached hydrogens (tertiary/aromatic N) is 1. The molecule has 1 heterocycles. The molecule has 110 valence electrons. The first-order valence-corrected chi connectivity index (χ1v) is 7.39. The highest BCUT2D eigenvalue weighted by Gasteiger charge is 2.25. The highest BCUT2D eigenvalue weighted by molar-refractivity contribution is 5.72. The summed E-state index contributed by atoms with van der Waals surface area (Å²) in [5.41, 5.74) is 8.13. The van der Waals surface area contributed by atoms with Gasteiger partial charge in [-0.05, 0) is 44.0 Å². The number of ether oxygens (including phenoxy) is 1. The van der Waals surface area contributed by atoms with E-state index in [9.17, 15) is 4.79 Å². The van der Waals surface area contributed by atoms with Gasteiger partial charge in [0, 0.05) is 13.1 Å². The monoisotopic (exact) mass is 276 g/mol. The van der Waals surface area contributed by atoms with Gasteiger partial charge in [-0.15, -0.1) is 0 Å². The zero-order valence-electron chi connectivity index (χ0n) is 12.2. The lowest BCUT2D eigenvalue weighted by atomic mass is 9.96. The van der Waals surface area contributed by atoms with E-state index in [-0.39, 0.29) is 11.9 Å². The van der Waals surface area contributed by atoms with Gasteiger partial charge in [-0.3, -0.25) is 9.69 Å². The molecule has 0 bridgehead atoms. The fraction of sp³-hybridized carbons (Fsp3) is 0.562. The summed E-state index contributed by atoms with van der Waals surface area (Å²) >= 11 is 0. The summed E-state index contributed by atoms with van der Waals surface area (Å²) in [5, 5.41) is 0. The van der Waals surface area contributed by atoms with Crippen LogP contribution in [0.15, 0.2) is 24.3 Å². The molecule has 0 spiro atoms. The lowest BCUT2D eigenvalue weighted by molar-refractivity contribution is -0.149. The molecule has 1 aliphatic rings. The van der Waals surface area contributed by atoms with Crippen LogP contribution in [0.5, 0.6) is 0 Å². The SMILES string of the molecule is CCOC(=O)C1CCN(Cc2cccc(CN)c2)CC1. The van der Waals surface area contributed by atoms with Gasteiger partial charge in [0.25, 0.3) is 0 Å². The molecule has 0 aliphatic carbocycles. The Morgan fingerprint density at radius 3 is 2.70 bits per heavy atom. The first-order valence-electron chi connectivity index (χ1n) is 7.39. The van der Waals surface area contributed by atoms with Gasteiger partial charge in [-0.1, -0.05) is 24.3 Å². The highest BCUT2D eigenvalue weighted by atomic mass is 16.5. The molecule has 4 nitrogen and oxygen atoms in total. The zero-order chi connectivity index (χ0) is 14.4. The first-order chi connectivity index (χ1) is 9.72. The van der Waals surface area contributed by atoms with E-state index in [2.05, 4.69) is 29.2 Å². The first kappa shape index (κ1) is 15.0. The minimum Gasteiger partial charge on any atom is -0.466 e. The van der Waals surface area contributed by atoms with E-state index in [4.69, 9.17) is 10.5 Å². The fourth-order valence-electron chi connectivity index (χ4n) is 2.70. The van der Waals surface area contributed by atoms with Crippen molar-refractivity contribution in [3.8, 4) is 0 Å². The van der Waals surface area contributed by atoms with Gasteiger partial charge >= 0.3 is 5.97 Å². The second-order valence-electron chi connectivity index (χ2n) is 5.33. The van der Waals surface area contributed by atoms with E-state index >= 15 is 0 Å². The zero-order valence-corrected chi connectivity index (χ0v) is 12.2. The lowest BCUT2D eigenvalue weighted by Crippen LogP contribution is -2.36. The third kappa shape index (κ3) is 4.05. The van der Waals surface area contributed by atoms with Crippen molar-refractivity contribution in [2.75, 3.05) is 19.7 Å². The largest absolute Gasteiger partial charge is 0.466 e. The fourth-order valence-corrected chi connectivity index (χ4v) is 2.70. The Bertz CT molecular complexity index is 440. The van der Waals surface area contributed by atoms with E-state index in [1.165, 1.54) is 11.1 Å². The molecule has 0 radical (unpaired) electrons. The molecule has 1 saturated heterocycles. The van der Waals surface area contributed by atoms with Crippen molar-refractivity contribution in [2.24, 2.45) is 11.7 Å². The number of likely N-dealkylation sites (tertiary alicyclic amines) is 1. The third-order valence-electron chi connectivity index (χ3n) is 3.84. The quantitative estimate of drug-likeness (QED) is 0.835. The molecule has 1 fully saturated rings. The molecular formula is C16H24N2O2. The van der Waals surface area contributed by atoms with Crippen molar-refractivity contribution >= 4 is 5.97 Å². The predicted octanol–water partition coefficient (Wildman–Crippen LogP) is 1.92. The Kier molecular flexibility index (Phi) is 5.56. The summed E-state index contributed by atoms with van der Waals surface area (Å²) in [7, 11) is 0. The Balaban J connectivity index is 1.83. The summed E-state index contributed by atoms with van der Waals surface area (Å²) < 4.78 is 5.09. The third-order valence-corrected chi connectivity index (χ3v) is 3.84. The summed E-state index contributed by atoms with van der Waals surface area (Å²) in [5.74, 6) is 0.0545. The molecule has 1 aliphatic heterocycles. The topological polar surface area (TPSA) is 55.6 Å². The molecule has 2 N–H and O–H groups in total. The number of benzene rings is 1. The Morgan fingerprint density at radius 1 is 1.35 bits per heavy atom. The standard InChI is InChI=1S/C16H24N2O2/c1-2-20-16(19)15-6-8-18(9-7-15)12-14-5-3-4-13(10-14)11-17/h3-5,10,15H,2,6-9,11-12,17H2,1H3. The van der Waals surface area contributed by atoms with E-state index in [1.54, 1.807) is 0 Å². The summed E-state index contributed by atoms with van der Waals surface area (Å²) in [6.45, 7) is 5.76. The minimum atomic E-state index is -0.0303. The van der Waals surface area contributed by atoms with Gasteiger partial charge in [0.05, 0.1) is 12.5 Å². The van der Waals surface area contributed by atoms with Crippen LogP contribution < -0.4 is 5.73 Å². The van der Waals surface area contributed by atoms with Crippen molar-refractivity contribution < 1.29 is 9.53 Å². The van der Waals surface area contributed by atoms with Crippen molar-refractivity contribution in [1.82, 2.24) is 4.90 Å². The Morgan fingerprint density at radius 2 is 2.05 bits per heavy atom. The maximum absolute atomic E-state index is 11.7. The van der Waals surface area contributed by atoms with Crippen LogP contribution in [0.3, 0.4) is 0 Å². The Labute approximate surface area is 120 Å². The maximum Gasteiger partial charge on any atom is 0.309 e. The number of hydrogen-bond donors (Lipinski definition) is 1. The van der Waals surface area contributed by atoms with E-state index in [1.807, 2.05) is 6.92 Å². The van der Waals surface area contributed by atoms with Crippen LogP contribution in [-0.4, -0.2) is 30.6 Å². The van der Waals surface area contributed by atoms with Gasteiger partial charge in [-0.2, -0.15) is 0 Å². The van der Waals surface area contributed by atoms with Gasteiger partial charge in [0.15, 0.2) is 0 Å². The molecule has 20 heavy (non-hydrogen) atoms. The predicted molar refractivity (Wildman–Crippen MR) is 79.0 cm³/mol. The van der Waals surface area contributed by atoms with Gasteiger partial charge in [-0.25, -0.2) is 0 Å². The van der Waals surface area contributed by atoms with Crippen LogP contribution in [0.1, 0.15) is 30.9 Å². The second-order valence-corrected chi connectivity index (χ2v) is 5.33. The molecule has 4 heteroatoms. The average Bonchev–Trinajstić information content (AvgIpc) is 2.48. The minimum absolute atomic E-state index is 0.0303. The number of esters is 1. The number of carbonyl (C=O) groups is 1. The van der Waals surface area contributed by atoms with Crippen LogP contribution >= 0.6 is 0 Å². The number of hydrogen-bond acceptors (Lipinski definition) is 4. The summed E-state index contributed by atoms with van der Waals surface area (Å²) in [6, 6.07) is 8.41. The lowest BCUT2D eigenvalue weighted by Gasteiger charge is -2.30. The molecule has 1 aromatic carbocycles. The van der Waals surface area contributed by atoms with Crippen LogP contribution in [0.2, 0.25) is 0 Å². The molecule has 0 unspecified atom stereocenters. The van der Waals surface area contributed by atoms with Gasteiger partial charge in [0.1, 0.15) is 0 Å². The van der Waals surface area contributed by atoms with Crippen LogP contribution in [0.4, 0.5) is 0 Å². The molecule has 0 saturated carbocycles. The molecule has 2 rings (SSSR count). The van der Waals surface area contributed by atoms with Crippen LogP contribution in [0.25, 0.3) is 0 Å². The maximum atomic E-state index is 11.7. The number of piperidine rings is 1. The molecular weight excluding hydrogens is 252 g/mol. The van der Waals surface area contributed by atoms with Crippen molar-refractivity contribution in [2.45, 2.75) is 32.9 Å². The molecule has 0 atom stereocenters. The van der Waals surface area contributed by atoms with Crippen molar-refractivity contribution in [1.29, 1.82) is 0 Å². The van der Waals surface area contributed by atoms with Crippen molar-refractivity contribution in [3.05, 3.63) is 35.4 Å². The average molecular weight is 276 g/mol. The van der Waals surface area contributed by atoms with E-state index < -0.39 is 0 Å². The molecule has 0 amide bonds. The van der Waals surface area contributed by atoms with Gasteiger partial charge in [0.2, 0.25) is 0 Å². The normalized spacial score (nSPS) is 17.1. The van der Waals surface area contributed by atoms with E-state index in [0.29, 0.717) is 13.2 Å². The highest BCUT2D eigenvalue weighted by Crippen LogP contribution is 2.20. The van der Waals surface area contributed by atoms with Gasteiger partial charge < -0.3 is 10.5 Å². The number of rotatable bonds is 5.